The molecule has 55 heavy (non-hydrogen) atoms. The smallest absolute Gasteiger partial charge is 0.243 e. The summed E-state index contributed by atoms with van der Waals surface area (Å²) in [5, 5.41) is 20.0. The lowest BCUT2D eigenvalue weighted by Gasteiger charge is -2.25. The summed E-state index contributed by atoms with van der Waals surface area (Å²) < 4.78 is 0. The fourth-order valence-electron chi connectivity index (χ4n) is 5.22. The Bertz CT molecular complexity index is 1570. The van der Waals surface area contributed by atoms with Gasteiger partial charge in [0.15, 0.2) is 5.96 Å². The number of carbonyl (C=O) groups excluding carboxylic acids is 9. The first-order valence-electron chi connectivity index (χ1n) is 17.7. The Labute approximate surface area is 317 Å². The highest BCUT2D eigenvalue weighted by molar-refractivity contribution is 5.96. The van der Waals surface area contributed by atoms with Crippen molar-refractivity contribution in [2.75, 3.05) is 26.2 Å². The Morgan fingerprint density at radius 1 is 0.818 bits per heavy atom. The third-order valence-corrected chi connectivity index (χ3v) is 8.15. The van der Waals surface area contributed by atoms with Crippen LogP contribution in [0.1, 0.15) is 57.9 Å². The Hall–Kier alpha value is -6.28. The van der Waals surface area contributed by atoms with E-state index < -0.39 is 96.5 Å². The molecular weight excluding hydrogens is 720 g/mol. The van der Waals surface area contributed by atoms with Crippen LogP contribution in [0.3, 0.4) is 0 Å². The quantitative estimate of drug-likeness (QED) is 0.0609. The van der Waals surface area contributed by atoms with E-state index in [0.717, 1.165) is 0 Å². The molecule has 0 bridgehead atoms. The summed E-state index contributed by atoms with van der Waals surface area (Å²) in [7, 11) is 0. The number of benzene rings is 1. The number of aliphatic imine (C=N–C) groups is 1. The van der Waals surface area contributed by atoms with Gasteiger partial charge in [0.25, 0.3) is 0 Å². The lowest BCUT2D eigenvalue weighted by Crippen LogP contribution is -2.58. The third-order valence-electron chi connectivity index (χ3n) is 8.15. The van der Waals surface area contributed by atoms with Crippen LogP contribution in [0.4, 0.5) is 0 Å². The zero-order valence-electron chi connectivity index (χ0n) is 30.9. The van der Waals surface area contributed by atoms with Crippen molar-refractivity contribution >= 4 is 59.1 Å². The van der Waals surface area contributed by atoms with E-state index in [9.17, 15) is 43.2 Å². The van der Waals surface area contributed by atoms with E-state index in [-0.39, 0.29) is 64.0 Å². The summed E-state index contributed by atoms with van der Waals surface area (Å²) in [6.07, 6.45) is -0.137. The maximum Gasteiger partial charge on any atom is 0.243 e. The van der Waals surface area contributed by atoms with E-state index in [1.54, 1.807) is 30.3 Å². The van der Waals surface area contributed by atoms with Crippen LogP contribution in [0.5, 0.6) is 0 Å². The van der Waals surface area contributed by atoms with Gasteiger partial charge in [-0.15, -0.1) is 0 Å². The first kappa shape index (κ1) is 44.9. The summed E-state index contributed by atoms with van der Waals surface area (Å²) in [5.74, 6) is -6.72. The van der Waals surface area contributed by atoms with Crippen LogP contribution in [-0.2, 0) is 49.6 Å². The molecule has 0 spiro atoms. The van der Waals surface area contributed by atoms with Gasteiger partial charge in [-0.1, -0.05) is 30.3 Å². The normalized spacial score (nSPS) is 22.5. The largest absolute Gasteiger partial charge is 0.370 e. The number of primary amides is 1. The number of nitrogens with zero attached hydrogens (tertiary/aromatic N) is 1. The molecule has 1 aliphatic heterocycles. The number of hydrogen-bond donors (Lipinski definition) is 11. The van der Waals surface area contributed by atoms with E-state index in [1.165, 1.54) is 13.8 Å². The molecule has 1 heterocycles. The molecule has 1 aromatic rings. The molecule has 3 unspecified atom stereocenters. The molecule has 1 aromatic carbocycles. The second-order valence-electron chi connectivity index (χ2n) is 12.8. The maximum atomic E-state index is 13.8. The lowest BCUT2D eigenvalue weighted by molar-refractivity contribution is -0.134. The number of nitrogens with one attached hydrogen (secondary N) is 8. The minimum absolute atomic E-state index is 0.0288. The van der Waals surface area contributed by atoms with Crippen molar-refractivity contribution in [1.82, 2.24) is 42.5 Å². The van der Waals surface area contributed by atoms with Crippen LogP contribution < -0.4 is 59.7 Å². The van der Waals surface area contributed by atoms with Gasteiger partial charge in [0, 0.05) is 32.9 Å². The van der Waals surface area contributed by atoms with Gasteiger partial charge in [0.05, 0.1) is 13.1 Å². The fourth-order valence-corrected chi connectivity index (χ4v) is 5.22. The molecule has 0 aliphatic carbocycles. The second kappa shape index (κ2) is 23.4. The number of nitrogens with two attached hydrogens (primary N) is 3. The van der Waals surface area contributed by atoms with Crippen molar-refractivity contribution in [1.29, 1.82) is 0 Å². The Morgan fingerprint density at radius 3 is 2.16 bits per heavy atom. The summed E-state index contributed by atoms with van der Waals surface area (Å²) in [6, 6.07) is 2.44. The van der Waals surface area contributed by atoms with Crippen molar-refractivity contribution in [2.45, 2.75) is 89.0 Å². The van der Waals surface area contributed by atoms with Crippen LogP contribution in [0.15, 0.2) is 35.3 Å². The first-order valence-corrected chi connectivity index (χ1v) is 17.7. The van der Waals surface area contributed by atoms with Gasteiger partial charge >= 0.3 is 0 Å². The molecule has 9 amide bonds. The van der Waals surface area contributed by atoms with Gasteiger partial charge in [0.1, 0.15) is 30.2 Å². The van der Waals surface area contributed by atoms with E-state index in [0.29, 0.717) is 5.56 Å². The van der Waals surface area contributed by atoms with Gasteiger partial charge in [-0.3, -0.25) is 48.1 Å². The molecule has 5 atom stereocenters. The molecule has 1 saturated heterocycles. The standard InChI is InChI=1S/C34H52N12O9/c1-19-30(52)44-22(29(35)51)10-6-14-38-26(48)13-12-24(43-28(50)17-40-20(2)47)33(55)45-23(11-7-15-39-34(36)37)32(54)46-25(16-21-8-4-3-5-9-21)31(53)41-18-27(49)42-19/h3-5,8-9,19,22-25H,6-7,10-18H2,1-2H3,(H2,35,51)(H,38,48)(H,40,47)(H,41,53)(H,42,49)(H,43,50)(H,44,52)(H,45,55)(H,46,54)(H4,36,37,39)/t19-,22?,23-,24?,25?/m0/s1. The van der Waals surface area contributed by atoms with Crippen molar-refractivity contribution in [3.63, 3.8) is 0 Å². The number of rotatable bonds is 10. The van der Waals surface area contributed by atoms with Crippen LogP contribution >= 0.6 is 0 Å². The highest BCUT2D eigenvalue weighted by Gasteiger charge is 2.31. The highest BCUT2D eigenvalue weighted by Crippen LogP contribution is 2.08. The molecule has 21 nitrogen and oxygen atoms in total. The molecule has 2 rings (SSSR count). The lowest BCUT2D eigenvalue weighted by atomic mass is 10.0. The van der Waals surface area contributed by atoms with Gasteiger partial charge in [-0.2, -0.15) is 0 Å². The van der Waals surface area contributed by atoms with Crippen LogP contribution in [-0.4, -0.2) is 116 Å². The SMILES string of the molecule is CC(=O)NCC(=O)NC1CCC(=O)NCCCC(C(N)=O)NC(=O)[C@H](C)NC(=O)CNC(=O)C(Cc2ccccc2)NC(=O)[C@H](CCCN=C(N)N)NC1=O. The first-order chi connectivity index (χ1) is 26.0. The predicted octanol–water partition coefficient (Wildman–Crippen LogP) is -4.85. The van der Waals surface area contributed by atoms with E-state index in [1.807, 2.05) is 0 Å². The van der Waals surface area contributed by atoms with Crippen LogP contribution in [0.25, 0.3) is 0 Å². The molecular formula is C34H52N12O9. The van der Waals surface area contributed by atoms with Crippen molar-refractivity contribution in [3.05, 3.63) is 35.9 Å². The predicted molar refractivity (Wildman–Crippen MR) is 198 cm³/mol. The van der Waals surface area contributed by atoms with E-state index in [2.05, 4.69) is 47.5 Å². The van der Waals surface area contributed by atoms with Gasteiger partial charge < -0.3 is 59.7 Å². The molecule has 302 valence electrons. The minimum Gasteiger partial charge on any atom is -0.370 e. The van der Waals surface area contributed by atoms with Gasteiger partial charge in [0.2, 0.25) is 53.2 Å². The molecule has 0 saturated carbocycles. The molecule has 1 aliphatic rings. The van der Waals surface area contributed by atoms with Crippen molar-refractivity contribution in [3.8, 4) is 0 Å². The molecule has 1 fully saturated rings. The topological polar surface area (TPSA) is 340 Å². The molecule has 0 radical (unpaired) electrons. The van der Waals surface area contributed by atoms with Crippen molar-refractivity contribution < 1.29 is 43.2 Å². The van der Waals surface area contributed by atoms with E-state index >= 15 is 0 Å². The summed E-state index contributed by atoms with van der Waals surface area (Å²) in [4.78, 5) is 119. The van der Waals surface area contributed by atoms with Gasteiger partial charge in [-0.05, 0) is 44.6 Å². The average molecular weight is 773 g/mol. The van der Waals surface area contributed by atoms with E-state index in [4.69, 9.17) is 17.2 Å². The summed E-state index contributed by atoms with van der Waals surface area (Å²) >= 11 is 0. The van der Waals surface area contributed by atoms with Gasteiger partial charge in [-0.25, -0.2) is 0 Å². The molecule has 0 aromatic heterocycles. The van der Waals surface area contributed by atoms with Crippen LogP contribution in [0, 0.1) is 0 Å². The highest BCUT2D eigenvalue weighted by atomic mass is 16.2. The third kappa shape index (κ3) is 17.9. The number of hydrogen-bond acceptors (Lipinski definition) is 10. The maximum absolute atomic E-state index is 13.8. The Balaban J connectivity index is 2.46. The summed E-state index contributed by atoms with van der Waals surface area (Å²) in [6.45, 7) is 1.64. The zero-order chi connectivity index (χ0) is 40.9. The van der Waals surface area contributed by atoms with Crippen LogP contribution in [0.2, 0.25) is 0 Å². The fraction of sp³-hybridized carbons (Fsp3) is 0.529. The number of carbonyl (C=O) groups is 9. The average Bonchev–Trinajstić information content (AvgIpc) is 3.13. The minimum atomic E-state index is -1.36. The Kier molecular flexibility index (Phi) is 19.1. The zero-order valence-corrected chi connectivity index (χ0v) is 30.9. The number of guanidine groups is 1. The number of amides is 9. The molecule has 14 N–H and O–H groups in total. The monoisotopic (exact) mass is 772 g/mol. The van der Waals surface area contributed by atoms with Crippen molar-refractivity contribution in [2.24, 2.45) is 22.2 Å². The Morgan fingerprint density at radius 2 is 1.51 bits per heavy atom. The second-order valence-corrected chi connectivity index (χ2v) is 12.8. The molecule has 21 heteroatoms. The summed E-state index contributed by atoms with van der Waals surface area (Å²) in [5.41, 5.74) is 17.0.